The lowest BCUT2D eigenvalue weighted by Crippen LogP contribution is -2.39. The molecule has 1 aliphatic heterocycles. The standard InChI is InChI=1S/C17H22N2/c1-2-7-14-8-5-6-13-19(14)17-11-12-18-16-10-4-3-9-15(16)17/h3-4,9-12,14H,2,5-8,13H2,1H3. The Morgan fingerprint density at radius 1 is 1.21 bits per heavy atom. The van der Waals surface area contributed by atoms with E-state index in [0.29, 0.717) is 6.04 Å². The van der Waals surface area contributed by atoms with Crippen LogP contribution in [0.15, 0.2) is 36.5 Å². The third-order valence-electron chi connectivity index (χ3n) is 4.18. The van der Waals surface area contributed by atoms with Gasteiger partial charge < -0.3 is 4.90 Å². The van der Waals surface area contributed by atoms with Crippen LogP contribution in [0.3, 0.4) is 0 Å². The Morgan fingerprint density at radius 3 is 3.00 bits per heavy atom. The molecule has 0 radical (unpaired) electrons. The molecule has 1 unspecified atom stereocenters. The number of hydrogen-bond acceptors (Lipinski definition) is 2. The quantitative estimate of drug-likeness (QED) is 0.807. The molecule has 19 heavy (non-hydrogen) atoms. The van der Waals surface area contributed by atoms with Crippen LogP contribution in [0.2, 0.25) is 0 Å². The maximum Gasteiger partial charge on any atom is 0.0722 e. The summed E-state index contributed by atoms with van der Waals surface area (Å²) >= 11 is 0. The summed E-state index contributed by atoms with van der Waals surface area (Å²) in [5.74, 6) is 0. The fourth-order valence-electron chi connectivity index (χ4n) is 3.28. The van der Waals surface area contributed by atoms with Crippen molar-refractivity contribution in [2.24, 2.45) is 0 Å². The Morgan fingerprint density at radius 2 is 2.11 bits per heavy atom. The fraction of sp³-hybridized carbons (Fsp3) is 0.471. The summed E-state index contributed by atoms with van der Waals surface area (Å²) in [6, 6.07) is 11.4. The molecular weight excluding hydrogens is 232 g/mol. The van der Waals surface area contributed by atoms with Crippen LogP contribution in [0.4, 0.5) is 5.69 Å². The van der Waals surface area contributed by atoms with Crippen LogP contribution in [-0.2, 0) is 0 Å². The zero-order valence-corrected chi connectivity index (χ0v) is 11.7. The molecule has 1 saturated heterocycles. The third-order valence-corrected chi connectivity index (χ3v) is 4.18. The van der Waals surface area contributed by atoms with Crippen molar-refractivity contribution in [1.29, 1.82) is 0 Å². The molecule has 0 aliphatic carbocycles. The first-order valence-electron chi connectivity index (χ1n) is 7.50. The van der Waals surface area contributed by atoms with Gasteiger partial charge in [-0.3, -0.25) is 4.98 Å². The largest absolute Gasteiger partial charge is 0.368 e. The summed E-state index contributed by atoms with van der Waals surface area (Å²) < 4.78 is 0. The molecule has 2 nitrogen and oxygen atoms in total. The van der Waals surface area contributed by atoms with Gasteiger partial charge in [-0.1, -0.05) is 31.5 Å². The lowest BCUT2D eigenvalue weighted by molar-refractivity contribution is 0.435. The smallest absolute Gasteiger partial charge is 0.0722 e. The number of hydrogen-bond donors (Lipinski definition) is 0. The van der Waals surface area contributed by atoms with E-state index in [9.17, 15) is 0 Å². The zero-order chi connectivity index (χ0) is 13.1. The second kappa shape index (κ2) is 5.60. The Bertz CT molecular complexity index is 542. The van der Waals surface area contributed by atoms with Crippen LogP contribution in [0.1, 0.15) is 39.0 Å². The van der Waals surface area contributed by atoms with Crippen LogP contribution >= 0.6 is 0 Å². The highest BCUT2D eigenvalue weighted by molar-refractivity contribution is 5.91. The molecule has 2 aromatic rings. The Balaban J connectivity index is 2.02. The van der Waals surface area contributed by atoms with Gasteiger partial charge in [0, 0.05) is 29.9 Å². The molecule has 0 spiro atoms. The number of piperidine rings is 1. The summed E-state index contributed by atoms with van der Waals surface area (Å²) in [7, 11) is 0. The summed E-state index contributed by atoms with van der Waals surface area (Å²) in [5, 5.41) is 1.30. The molecule has 3 rings (SSSR count). The lowest BCUT2D eigenvalue weighted by Gasteiger charge is -2.38. The molecular formula is C17H22N2. The summed E-state index contributed by atoms with van der Waals surface area (Å²) in [4.78, 5) is 7.10. The average molecular weight is 254 g/mol. The number of benzene rings is 1. The highest BCUT2D eigenvalue weighted by Crippen LogP contribution is 2.31. The molecule has 2 heterocycles. The molecule has 1 aliphatic rings. The topological polar surface area (TPSA) is 16.1 Å². The van der Waals surface area contributed by atoms with E-state index < -0.39 is 0 Å². The van der Waals surface area contributed by atoms with Gasteiger partial charge in [0.25, 0.3) is 0 Å². The predicted molar refractivity (Wildman–Crippen MR) is 81.6 cm³/mol. The molecule has 1 aromatic heterocycles. The van der Waals surface area contributed by atoms with E-state index in [1.54, 1.807) is 0 Å². The van der Waals surface area contributed by atoms with E-state index >= 15 is 0 Å². The number of fused-ring (bicyclic) bond motifs is 1. The third kappa shape index (κ3) is 2.44. The molecule has 0 bridgehead atoms. The first-order chi connectivity index (χ1) is 9.40. The molecule has 1 aromatic carbocycles. The van der Waals surface area contributed by atoms with Crippen molar-refractivity contribution in [3.8, 4) is 0 Å². The monoisotopic (exact) mass is 254 g/mol. The normalized spacial score (nSPS) is 19.8. The van der Waals surface area contributed by atoms with E-state index in [0.717, 1.165) is 5.52 Å². The first-order valence-corrected chi connectivity index (χ1v) is 7.50. The van der Waals surface area contributed by atoms with Crippen molar-refractivity contribution < 1.29 is 0 Å². The molecule has 1 fully saturated rings. The maximum atomic E-state index is 4.48. The highest BCUT2D eigenvalue weighted by Gasteiger charge is 2.23. The van der Waals surface area contributed by atoms with Crippen LogP contribution < -0.4 is 4.90 Å². The minimum atomic E-state index is 0.713. The minimum absolute atomic E-state index is 0.713. The van der Waals surface area contributed by atoms with E-state index in [4.69, 9.17) is 0 Å². The van der Waals surface area contributed by atoms with Gasteiger partial charge in [0.1, 0.15) is 0 Å². The van der Waals surface area contributed by atoms with Gasteiger partial charge in [-0.05, 0) is 37.8 Å². The number of para-hydroxylation sites is 1. The van der Waals surface area contributed by atoms with Crippen molar-refractivity contribution in [2.75, 3.05) is 11.4 Å². The highest BCUT2D eigenvalue weighted by atomic mass is 15.2. The number of aromatic nitrogens is 1. The van der Waals surface area contributed by atoms with Crippen molar-refractivity contribution >= 4 is 16.6 Å². The van der Waals surface area contributed by atoms with E-state index in [-0.39, 0.29) is 0 Å². The number of nitrogens with zero attached hydrogens (tertiary/aromatic N) is 2. The molecule has 1 atom stereocenters. The van der Waals surface area contributed by atoms with Crippen LogP contribution in [-0.4, -0.2) is 17.6 Å². The Labute approximate surface area is 115 Å². The van der Waals surface area contributed by atoms with Gasteiger partial charge in [-0.25, -0.2) is 0 Å². The van der Waals surface area contributed by atoms with E-state index in [1.165, 1.54) is 49.7 Å². The maximum absolute atomic E-state index is 4.48. The Kier molecular flexibility index (Phi) is 3.67. The SMILES string of the molecule is CCCC1CCCCN1c1ccnc2ccccc12. The molecule has 0 amide bonds. The van der Waals surface area contributed by atoms with Gasteiger partial charge in [0.05, 0.1) is 5.52 Å². The zero-order valence-electron chi connectivity index (χ0n) is 11.7. The average Bonchev–Trinajstić information content (AvgIpc) is 2.48. The summed E-state index contributed by atoms with van der Waals surface area (Å²) in [5.41, 5.74) is 2.49. The van der Waals surface area contributed by atoms with E-state index in [1.807, 2.05) is 6.20 Å². The van der Waals surface area contributed by atoms with Crippen LogP contribution in [0.25, 0.3) is 10.9 Å². The number of rotatable bonds is 3. The molecule has 100 valence electrons. The van der Waals surface area contributed by atoms with Crippen molar-refractivity contribution in [3.63, 3.8) is 0 Å². The second-order valence-electron chi connectivity index (χ2n) is 5.48. The summed E-state index contributed by atoms with van der Waals surface area (Å²) in [6.07, 6.45) is 8.56. The van der Waals surface area contributed by atoms with Crippen LogP contribution in [0.5, 0.6) is 0 Å². The van der Waals surface area contributed by atoms with Crippen molar-refractivity contribution in [3.05, 3.63) is 36.5 Å². The van der Waals surface area contributed by atoms with Gasteiger partial charge in [0.15, 0.2) is 0 Å². The van der Waals surface area contributed by atoms with Gasteiger partial charge >= 0.3 is 0 Å². The van der Waals surface area contributed by atoms with Crippen molar-refractivity contribution in [1.82, 2.24) is 4.98 Å². The minimum Gasteiger partial charge on any atom is -0.368 e. The lowest BCUT2D eigenvalue weighted by atomic mass is 9.97. The second-order valence-corrected chi connectivity index (χ2v) is 5.48. The van der Waals surface area contributed by atoms with Gasteiger partial charge in [0.2, 0.25) is 0 Å². The summed E-state index contributed by atoms with van der Waals surface area (Å²) in [6.45, 7) is 3.48. The van der Waals surface area contributed by atoms with E-state index in [2.05, 4.69) is 47.1 Å². The van der Waals surface area contributed by atoms with Crippen LogP contribution in [0, 0.1) is 0 Å². The number of pyridine rings is 1. The van der Waals surface area contributed by atoms with Gasteiger partial charge in [-0.2, -0.15) is 0 Å². The fourth-order valence-corrected chi connectivity index (χ4v) is 3.28. The predicted octanol–water partition coefficient (Wildman–Crippen LogP) is 4.39. The molecule has 0 N–H and O–H groups in total. The van der Waals surface area contributed by atoms with Crippen molar-refractivity contribution in [2.45, 2.75) is 45.1 Å². The Hall–Kier alpha value is -1.57. The number of anilines is 1. The molecule has 0 saturated carbocycles. The first kappa shape index (κ1) is 12.5. The molecule has 2 heteroatoms. The van der Waals surface area contributed by atoms with Gasteiger partial charge in [-0.15, -0.1) is 0 Å².